The Morgan fingerprint density at radius 2 is 2.07 bits per heavy atom. The lowest BCUT2D eigenvalue weighted by Crippen LogP contribution is -2.51. The SMILES string of the molecule is C[C@@H]1CCCN(C(=O)c2cc(F)ccc2-n2nccn2)C1CNc1ccc(Cl)cn1. The quantitative estimate of drug-likeness (QED) is 0.668. The van der Waals surface area contributed by atoms with Crippen LogP contribution in [0.3, 0.4) is 0 Å². The zero-order valence-electron chi connectivity index (χ0n) is 16.5. The molecule has 156 valence electrons. The number of aromatic nitrogens is 4. The van der Waals surface area contributed by atoms with Crippen LogP contribution < -0.4 is 5.32 Å². The van der Waals surface area contributed by atoms with Gasteiger partial charge < -0.3 is 10.2 Å². The minimum Gasteiger partial charge on any atom is -0.368 e. The molecule has 2 atom stereocenters. The van der Waals surface area contributed by atoms with Crippen molar-refractivity contribution in [2.24, 2.45) is 5.92 Å². The number of likely N-dealkylation sites (tertiary alicyclic amines) is 1. The molecule has 9 heteroatoms. The first kappa shape index (κ1) is 20.3. The summed E-state index contributed by atoms with van der Waals surface area (Å²) < 4.78 is 14.0. The van der Waals surface area contributed by atoms with Gasteiger partial charge in [-0.3, -0.25) is 4.79 Å². The van der Waals surface area contributed by atoms with Crippen molar-refractivity contribution in [3.63, 3.8) is 0 Å². The fourth-order valence-electron chi connectivity index (χ4n) is 3.85. The topological polar surface area (TPSA) is 75.9 Å². The Bertz CT molecular complexity index is 1010. The molecule has 1 amide bonds. The van der Waals surface area contributed by atoms with Gasteiger partial charge in [-0.05, 0) is 49.1 Å². The van der Waals surface area contributed by atoms with Gasteiger partial charge >= 0.3 is 0 Å². The van der Waals surface area contributed by atoms with E-state index < -0.39 is 5.82 Å². The minimum atomic E-state index is -0.473. The average Bonchev–Trinajstić information content (AvgIpc) is 3.28. The van der Waals surface area contributed by atoms with E-state index in [1.54, 1.807) is 18.3 Å². The first-order chi connectivity index (χ1) is 14.5. The maximum atomic E-state index is 14.0. The largest absolute Gasteiger partial charge is 0.368 e. The van der Waals surface area contributed by atoms with Crippen molar-refractivity contribution in [2.75, 3.05) is 18.4 Å². The first-order valence-electron chi connectivity index (χ1n) is 9.85. The van der Waals surface area contributed by atoms with Gasteiger partial charge in [0.05, 0.1) is 34.7 Å². The van der Waals surface area contributed by atoms with Crippen LogP contribution >= 0.6 is 11.6 Å². The van der Waals surface area contributed by atoms with E-state index in [2.05, 4.69) is 27.4 Å². The lowest BCUT2D eigenvalue weighted by Gasteiger charge is -2.40. The third kappa shape index (κ3) is 4.28. The molecule has 4 rings (SSSR count). The Morgan fingerprint density at radius 3 is 2.80 bits per heavy atom. The number of nitrogens with zero attached hydrogens (tertiary/aromatic N) is 5. The van der Waals surface area contributed by atoms with Gasteiger partial charge in [0.1, 0.15) is 11.6 Å². The number of amides is 1. The summed E-state index contributed by atoms with van der Waals surface area (Å²) >= 11 is 5.90. The van der Waals surface area contributed by atoms with Gasteiger partial charge in [-0.15, -0.1) is 0 Å². The molecule has 1 saturated heterocycles. The monoisotopic (exact) mass is 428 g/mol. The zero-order chi connectivity index (χ0) is 21.1. The van der Waals surface area contributed by atoms with Gasteiger partial charge in [0, 0.05) is 19.3 Å². The summed E-state index contributed by atoms with van der Waals surface area (Å²) in [5.41, 5.74) is 0.700. The number of carbonyl (C=O) groups is 1. The maximum absolute atomic E-state index is 14.0. The normalized spacial score (nSPS) is 19.0. The predicted molar refractivity (Wildman–Crippen MR) is 112 cm³/mol. The molecule has 0 spiro atoms. The third-order valence-electron chi connectivity index (χ3n) is 5.42. The molecule has 0 saturated carbocycles. The fraction of sp³-hybridized carbons (Fsp3) is 0.333. The molecule has 1 unspecified atom stereocenters. The zero-order valence-corrected chi connectivity index (χ0v) is 17.3. The van der Waals surface area contributed by atoms with Crippen LogP contribution in [0.4, 0.5) is 10.2 Å². The summed E-state index contributed by atoms with van der Waals surface area (Å²) in [6.45, 7) is 3.26. The van der Waals surface area contributed by atoms with E-state index in [1.165, 1.54) is 35.4 Å². The number of carbonyl (C=O) groups excluding carboxylic acids is 1. The molecule has 1 N–H and O–H groups in total. The maximum Gasteiger partial charge on any atom is 0.256 e. The summed E-state index contributed by atoms with van der Waals surface area (Å²) in [6, 6.07) is 7.59. The number of hydrogen-bond acceptors (Lipinski definition) is 5. The first-order valence-corrected chi connectivity index (χ1v) is 10.2. The standard InChI is InChI=1S/C21H22ClFN6O/c1-14-3-2-10-28(19(14)13-25-20-7-4-15(22)12-24-20)21(30)17-11-16(23)5-6-18(17)29-26-8-9-27-29/h4-9,11-12,14,19H,2-3,10,13H2,1H3,(H,24,25)/t14-,19?/m1/s1. The van der Waals surface area contributed by atoms with Crippen molar-refractivity contribution < 1.29 is 9.18 Å². The number of anilines is 1. The summed E-state index contributed by atoms with van der Waals surface area (Å²) in [7, 11) is 0. The molecule has 1 fully saturated rings. The molecular formula is C21H22ClFN6O. The number of halogens is 2. The van der Waals surface area contributed by atoms with Gasteiger partial charge in [-0.1, -0.05) is 18.5 Å². The Kier molecular flexibility index (Phi) is 5.94. The summed E-state index contributed by atoms with van der Waals surface area (Å²) in [5.74, 6) is 0.266. The van der Waals surface area contributed by atoms with Crippen LogP contribution in [-0.2, 0) is 0 Å². The third-order valence-corrected chi connectivity index (χ3v) is 5.64. The van der Waals surface area contributed by atoms with Gasteiger partial charge in [0.2, 0.25) is 0 Å². The van der Waals surface area contributed by atoms with E-state index in [0.29, 0.717) is 29.6 Å². The van der Waals surface area contributed by atoms with E-state index in [0.717, 1.165) is 12.8 Å². The highest BCUT2D eigenvalue weighted by atomic mass is 35.5. The molecule has 3 aromatic rings. The van der Waals surface area contributed by atoms with E-state index >= 15 is 0 Å². The smallest absolute Gasteiger partial charge is 0.256 e. The van der Waals surface area contributed by atoms with Crippen molar-refractivity contribution in [2.45, 2.75) is 25.8 Å². The molecule has 0 aliphatic carbocycles. The fourth-order valence-corrected chi connectivity index (χ4v) is 3.96. The van der Waals surface area contributed by atoms with Crippen LogP contribution in [-0.4, -0.2) is 49.9 Å². The summed E-state index contributed by atoms with van der Waals surface area (Å²) in [6.07, 6.45) is 6.53. The number of piperidine rings is 1. The molecule has 30 heavy (non-hydrogen) atoms. The van der Waals surface area contributed by atoms with Crippen molar-refractivity contribution in [3.05, 3.63) is 65.3 Å². The number of pyridine rings is 1. The molecule has 2 aromatic heterocycles. The van der Waals surface area contributed by atoms with Gasteiger partial charge in [-0.25, -0.2) is 9.37 Å². The Balaban J connectivity index is 1.60. The highest BCUT2D eigenvalue weighted by Gasteiger charge is 2.33. The number of hydrogen-bond donors (Lipinski definition) is 1. The second-order valence-electron chi connectivity index (χ2n) is 7.41. The van der Waals surface area contributed by atoms with Crippen molar-refractivity contribution in [1.29, 1.82) is 0 Å². The Morgan fingerprint density at radius 1 is 1.27 bits per heavy atom. The highest BCUT2D eigenvalue weighted by molar-refractivity contribution is 6.30. The van der Waals surface area contributed by atoms with E-state index in [-0.39, 0.29) is 23.4 Å². The molecule has 1 aliphatic heterocycles. The number of rotatable bonds is 5. The highest BCUT2D eigenvalue weighted by Crippen LogP contribution is 2.27. The average molecular weight is 429 g/mol. The Hall–Kier alpha value is -3.00. The Labute approximate surface area is 178 Å². The van der Waals surface area contributed by atoms with Crippen LogP contribution in [0.25, 0.3) is 5.69 Å². The number of benzene rings is 1. The van der Waals surface area contributed by atoms with Crippen LogP contribution in [0.15, 0.2) is 48.9 Å². The van der Waals surface area contributed by atoms with Crippen LogP contribution in [0, 0.1) is 11.7 Å². The second kappa shape index (κ2) is 8.79. The summed E-state index contributed by atoms with van der Waals surface area (Å²) in [5, 5.41) is 12.1. The van der Waals surface area contributed by atoms with Gasteiger partial charge in [0.15, 0.2) is 0 Å². The second-order valence-corrected chi connectivity index (χ2v) is 7.84. The predicted octanol–water partition coefficient (Wildman–Crippen LogP) is 3.81. The van der Waals surface area contributed by atoms with E-state index in [9.17, 15) is 9.18 Å². The van der Waals surface area contributed by atoms with Crippen LogP contribution in [0.1, 0.15) is 30.1 Å². The molecule has 0 radical (unpaired) electrons. The van der Waals surface area contributed by atoms with Gasteiger partial charge in [0.25, 0.3) is 5.91 Å². The molecule has 0 bridgehead atoms. The molecular weight excluding hydrogens is 407 g/mol. The molecule has 7 nitrogen and oxygen atoms in total. The van der Waals surface area contributed by atoms with Crippen molar-refractivity contribution in [1.82, 2.24) is 24.9 Å². The minimum absolute atomic E-state index is 0.0644. The number of nitrogens with one attached hydrogen (secondary N) is 1. The molecule has 3 heterocycles. The lowest BCUT2D eigenvalue weighted by atomic mass is 9.90. The van der Waals surface area contributed by atoms with Crippen LogP contribution in [0.5, 0.6) is 0 Å². The van der Waals surface area contributed by atoms with Gasteiger partial charge in [-0.2, -0.15) is 15.0 Å². The van der Waals surface area contributed by atoms with E-state index in [1.807, 2.05) is 4.90 Å². The lowest BCUT2D eigenvalue weighted by molar-refractivity contribution is 0.0539. The van der Waals surface area contributed by atoms with Crippen LogP contribution in [0.2, 0.25) is 5.02 Å². The van der Waals surface area contributed by atoms with E-state index in [4.69, 9.17) is 11.6 Å². The summed E-state index contributed by atoms with van der Waals surface area (Å²) in [4.78, 5) is 20.9. The van der Waals surface area contributed by atoms with Crippen molar-refractivity contribution >= 4 is 23.3 Å². The molecule has 1 aliphatic rings. The van der Waals surface area contributed by atoms with Crippen molar-refractivity contribution in [3.8, 4) is 5.69 Å². The molecule has 1 aromatic carbocycles.